The Kier molecular flexibility index (Phi) is 3.79. The summed E-state index contributed by atoms with van der Waals surface area (Å²) >= 11 is 0. The highest BCUT2D eigenvalue weighted by atomic mass is 16.6. The highest BCUT2D eigenvalue weighted by Crippen LogP contribution is 2.35. The molecular formula is C13H14N4O3. The average Bonchev–Trinajstić information content (AvgIpc) is 2.43. The van der Waals surface area contributed by atoms with Gasteiger partial charge in [0.2, 0.25) is 5.82 Å². The number of nitrogens with one attached hydrogen (secondary N) is 1. The molecule has 0 aliphatic rings. The van der Waals surface area contributed by atoms with E-state index in [1.54, 1.807) is 13.1 Å². The zero-order valence-corrected chi connectivity index (χ0v) is 11.4. The summed E-state index contributed by atoms with van der Waals surface area (Å²) in [5, 5.41) is 13.8. The summed E-state index contributed by atoms with van der Waals surface area (Å²) in [6.07, 6.45) is 1.22. The van der Waals surface area contributed by atoms with Crippen molar-refractivity contribution >= 4 is 11.5 Å². The number of ether oxygens (including phenoxy) is 1. The molecule has 0 aliphatic heterocycles. The Bertz CT molecular complexity index is 658. The fourth-order valence-corrected chi connectivity index (χ4v) is 1.72. The molecule has 7 heteroatoms. The summed E-state index contributed by atoms with van der Waals surface area (Å²) in [7, 11) is 1.55. The molecule has 0 saturated carbocycles. The first-order valence-corrected chi connectivity index (χ1v) is 5.95. The fourth-order valence-electron chi connectivity index (χ4n) is 1.72. The maximum Gasteiger partial charge on any atom is 0.373 e. The largest absolute Gasteiger partial charge is 0.433 e. The predicted octanol–water partition coefficient (Wildman–Crippen LogP) is 2.84. The molecule has 0 atom stereocenters. The Balaban J connectivity index is 2.48. The van der Waals surface area contributed by atoms with Crippen LogP contribution in [0.3, 0.4) is 0 Å². The van der Waals surface area contributed by atoms with Gasteiger partial charge in [-0.1, -0.05) is 12.1 Å². The molecule has 2 rings (SSSR count). The summed E-state index contributed by atoms with van der Waals surface area (Å²) < 4.78 is 5.59. The molecule has 0 aliphatic carbocycles. The topological polar surface area (TPSA) is 90.2 Å². The predicted molar refractivity (Wildman–Crippen MR) is 74.2 cm³/mol. The molecule has 1 aromatic heterocycles. The molecule has 2 aromatic rings. The standard InChI is InChI=1S/C13H14N4O3/c1-8-5-4-6-10(9(8)2)20-13-11(17(18)19)12(14-3)15-7-16-13/h4-7H,1-3H3,(H,14,15,16). The molecule has 104 valence electrons. The molecule has 0 bridgehead atoms. The summed E-state index contributed by atoms with van der Waals surface area (Å²) in [6, 6.07) is 5.51. The van der Waals surface area contributed by atoms with Crippen LogP contribution < -0.4 is 10.1 Å². The van der Waals surface area contributed by atoms with E-state index in [2.05, 4.69) is 15.3 Å². The molecule has 0 unspecified atom stereocenters. The van der Waals surface area contributed by atoms with E-state index in [0.29, 0.717) is 5.75 Å². The van der Waals surface area contributed by atoms with Crippen LogP contribution in [0.5, 0.6) is 11.6 Å². The molecule has 1 heterocycles. The van der Waals surface area contributed by atoms with Crippen LogP contribution in [0.25, 0.3) is 0 Å². The fraction of sp³-hybridized carbons (Fsp3) is 0.231. The van der Waals surface area contributed by atoms with Gasteiger partial charge in [0.25, 0.3) is 0 Å². The van der Waals surface area contributed by atoms with Crippen molar-refractivity contribution in [2.75, 3.05) is 12.4 Å². The van der Waals surface area contributed by atoms with Crippen LogP contribution in [0.2, 0.25) is 0 Å². The van der Waals surface area contributed by atoms with Gasteiger partial charge in [0, 0.05) is 7.05 Å². The van der Waals surface area contributed by atoms with E-state index in [-0.39, 0.29) is 17.4 Å². The van der Waals surface area contributed by atoms with Crippen molar-refractivity contribution in [3.63, 3.8) is 0 Å². The monoisotopic (exact) mass is 274 g/mol. The Morgan fingerprint density at radius 3 is 2.70 bits per heavy atom. The number of nitrogens with zero attached hydrogens (tertiary/aromatic N) is 3. The smallest absolute Gasteiger partial charge is 0.373 e. The zero-order chi connectivity index (χ0) is 14.7. The van der Waals surface area contributed by atoms with Gasteiger partial charge in [0.1, 0.15) is 12.1 Å². The highest BCUT2D eigenvalue weighted by molar-refractivity contribution is 5.61. The first-order chi connectivity index (χ1) is 9.54. The summed E-state index contributed by atoms with van der Waals surface area (Å²) in [6.45, 7) is 3.83. The summed E-state index contributed by atoms with van der Waals surface area (Å²) in [4.78, 5) is 18.3. The summed E-state index contributed by atoms with van der Waals surface area (Å²) in [5.74, 6) is 0.571. The maximum absolute atomic E-state index is 11.1. The number of hydrogen-bond acceptors (Lipinski definition) is 6. The van der Waals surface area contributed by atoms with Gasteiger partial charge in [0.05, 0.1) is 4.92 Å². The van der Waals surface area contributed by atoms with Crippen molar-refractivity contribution in [2.24, 2.45) is 0 Å². The minimum absolute atomic E-state index is 0.0805. The Morgan fingerprint density at radius 1 is 1.30 bits per heavy atom. The van der Waals surface area contributed by atoms with E-state index in [0.717, 1.165) is 11.1 Å². The average molecular weight is 274 g/mol. The Hall–Kier alpha value is -2.70. The number of aryl methyl sites for hydroxylation is 1. The lowest BCUT2D eigenvalue weighted by molar-refractivity contribution is -0.385. The molecular weight excluding hydrogens is 260 g/mol. The van der Waals surface area contributed by atoms with Gasteiger partial charge in [-0.05, 0) is 31.0 Å². The van der Waals surface area contributed by atoms with Crippen LogP contribution in [0.4, 0.5) is 11.5 Å². The lowest BCUT2D eigenvalue weighted by atomic mass is 10.1. The van der Waals surface area contributed by atoms with Gasteiger partial charge >= 0.3 is 11.6 Å². The van der Waals surface area contributed by atoms with Crippen LogP contribution in [0.15, 0.2) is 24.5 Å². The van der Waals surface area contributed by atoms with E-state index >= 15 is 0 Å². The summed E-state index contributed by atoms with van der Waals surface area (Å²) in [5.41, 5.74) is 1.66. The highest BCUT2D eigenvalue weighted by Gasteiger charge is 2.24. The molecule has 0 fully saturated rings. The van der Waals surface area contributed by atoms with E-state index in [9.17, 15) is 10.1 Å². The van der Waals surface area contributed by atoms with Gasteiger partial charge in [-0.25, -0.2) is 4.98 Å². The van der Waals surface area contributed by atoms with Crippen molar-refractivity contribution in [1.29, 1.82) is 0 Å². The number of benzene rings is 1. The molecule has 0 amide bonds. The number of nitro groups is 1. The van der Waals surface area contributed by atoms with E-state index in [1.165, 1.54) is 6.33 Å². The number of anilines is 1. The van der Waals surface area contributed by atoms with E-state index in [1.807, 2.05) is 26.0 Å². The number of aromatic nitrogens is 2. The second-order valence-electron chi connectivity index (χ2n) is 4.18. The number of hydrogen-bond donors (Lipinski definition) is 1. The lowest BCUT2D eigenvalue weighted by Gasteiger charge is -2.10. The van der Waals surface area contributed by atoms with Crippen LogP contribution in [-0.4, -0.2) is 21.9 Å². The van der Waals surface area contributed by atoms with Gasteiger partial charge in [-0.3, -0.25) is 10.1 Å². The van der Waals surface area contributed by atoms with Gasteiger partial charge < -0.3 is 10.1 Å². The molecule has 1 aromatic carbocycles. The van der Waals surface area contributed by atoms with E-state index < -0.39 is 4.92 Å². The lowest BCUT2D eigenvalue weighted by Crippen LogP contribution is -2.03. The van der Waals surface area contributed by atoms with Crippen molar-refractivity contribution in [1.82, 2.24) is 9.97 Å². The van der Waals surface area contributed by atoms with Crippen molar-refractivity contribution < 1.29 is 9.66 Å². The minimum Gasteiger partial charge on any atom is -0.433 e. The van der Waals surface area contributed by atoms with Gasteiger partial charge in [0.15, 0.2) is 0 Å². The van der Waals surface area contributed by atoms with Crippen LogP contribution >= 0.6 is 0 Å². The second kappa shape index (κ2) is 5.52. The maximum atomic E-state index is 11.1. The molecule has 1 N–H and O–H groups in total. The zero-order valence-electron chi connectivity index (χ0n) is 11.4. The first kappa shape index (κ1) is 13.7. The number of rotatable bonds is 4. The van der Waals surface area contributed by atoms with Crippen LogP contribution in [0.1, 0.15) is 11.1 Å². The Morgan fingerprint density at radius 2 is 2.05 bits per heavy atom. The second-order valence-corrected chi connectivity index (χ2v) is 4.18. The molecule has 20 heavy (non-hydrogen) atoms. The van der Waals surface area contributed by atoms with Crippen LogP contribution in [-0.2, 0) is 0 Å². The molecule has 0 radical (unpaired) electrons. The van der Waals surface area contributed by atoms with Crippen molar-refractivity contribution in [2.45, 2.75) is 13.8 Å². The Labute approximate surface area is 115 Å². The van der Waals surface area contributed by atoms with Crippen molar-refractivity contribution in [3.05, 3.63) is 45.8 Å². The third-order valence-electron chi connectivity index (χ3n) is 2.97. The molecule has 0 spiro atoms. The van der Waals surface area contributed by atoms with Crippen molar-refractivity contribution in [3.8, 4) is 11.6 Å². The van der Waals surface area contributed by atoms with Crippen LogP contribution in [0, 0.1) is 24.0 Å². The third-order valence-corrected chi connectivity index (χ3v) is 2.97. The SMILES string of the molecule is CNc1ncnc(Oc2cccc(C)c2C)c1[N+](=O)[O-]. The minimum atomic E-state index is -0.563. The van der Waals surface area contributed by atoms with E-state index in [4.69, 9.17) is 4.74 Å². The molecule has 7 nitrogen and oxygen atoms in total. The van der Waals surface area contributed by atoms with Gasteiger partial charge in [-0.2, -0.15) is 4.98 Å². The normalized spacial score (nSPS) is 10.2. The third kappa shape index (κ3) is 2.51. The van der Waals surface area contributed by atoms with Gasteiger partial charge in [-0.15, -0.1) is 0 Å². The quantitative estimate of drug-likeness (QED) is 0.681. The molecule has 0 saturated heterocycles. The first-order valence-electron chi connectivity index (χ1n) is 5.95.